The highest BCUT2D eigenvalue weighted by Crippen LogP contribution is 2.31. The minimum absolute atomic E-state index is 0.205. The molecule has 0 bridgehead atoms. The minimum Gasteiger partial charge on any atom is -0.372 e. The molecule has 0 spiro atoms. The number of anilines is 1. The van der Waals surface area contributed by atoms with Gasteiger partial charge in [0, 0.05) is 25.3 Å². The predicted molar refractivity (Wildman–Crippen MR) is 46.6 cm³/mol. The lowest BCUT2D eigenvalue weighted by Gasteiger charge is -2.10. The lowest BCUT2D eigenvalue weighted by molar-refractivity contribution is 0.760. The third kappa shape index (κ3) is 0.906. The summed E-state index contributed by atoms with van der Waals surface area (Å²) in [5.74, 6) is 0. The van der Waals surface area contributed by atoms with Gasteiger partial charge in [0.25, 0.3) is 0 Å². The Labute approximate surface area is 66.6 Å². The average molecular weight is 148 g/mol. The van der Waals surface area contributed by atoms with E-state index in [0.29, 0.717) is 0 Å². The summed E-state index contributed by atoms with van der Waals surface area (Å²) in [6, 6.07) is 8.51. The SMILES string of the molecule is CN1C[C@@H](N)c2ccccc21. The summed E-state index contributed by atoms with van der Waals surface area (Å²) in [7, 11) is 2.08. The molecular formula is C9H12N2. The molecule has 0 amide bonds. The second-order valence-corrected chi connectivity index (χ2v) is 3.05. The Morgan fingerprint density at radius 1 is 1.45 bits per heavy atom. The number of para-hydroxylation sites is 1. The molecule has 0 radical (unpaired) electrons. The Hall–Kier alpha value is -1.02. The van der Waals surface area contributed by atoms with Crippen molar-refractivity contribution in [1.29, 1.82) is 0 Å². The molecule has 0 aromatic heterocycles. The molecule has 2 N–H and O–H groups in total. The van der Waals surface area contributed by atoms with Crippen molar-refractivity contribution >= 4 is 5.69 Å². The van der Waals surface area contributed by atoms with Gasteiger partial charge in [0.15, 0.2) is 0 Å². The Balaban J connectivity index is 2.52. The summed E-state index contributed by atoms with van der Waals surface area (Å²) in [5, 5.41) is 0. The first-order chi connectivity index (χ1) is 5.29. The third-order valence-electron chi connectivity index (χ3n) is 2.22. The van der Waals surface area contributed by atoms with Gasteiger partial charge in [-0.25, -0.2) is 0 Å². The van der Waals surface area contributed by atoms with Crippen LogP contribution in [0.25, 0.3) is 0 Å². The quantitative estimate of drug-likeness (QED) is 0.597. The highest BCUT2D eigenvalue weighted by Gasteiger charge is 2.21. The van der Waals surface area contributed by atoms with E-state index >= 15 is 0 Å². The first kappa shape index (κ1) is 6.68. The fraction of sp³-hybridized carbons (Fsp3) is 0.333. The maximum Gasteiger partial charge on any atom is 0.0493 e. The summed E-state index contributed by atoms with van der Waals surface area (Å²) in [4.78, 5) is 2.19. The van der Waals surface area contributed by atoms with Gasteiger partial charge in [0.1, 0.15) is 0 Å². The first-order valence-electron chi connectivity index (χ1n) is 3.84. The zero-order valence-electron chi connectivity index (χ0n) is 6.62. The Bertz CT molecular complexity index is 243. The Kier molecular flexibility index (Phi) is 1.36. The van der Waals surface area contributed by atoms with Gasteiger partial charge in [-0.05, 0) is 11.6 Å². The standard InChI is InChI=1S/C9H12N2/c1-11-6-8(10)7-4-2-3-5-9(7)11/h2-5,8H,6,10H2,1H3/t8-/m1/s1. The highest BCUT2D eigenvalue weighted by atomic mass is 15.1. The number of rotatable bonds is 0. The summed E-state index contributed by atoms with van der Waals surface area (Å²) in [5.41, 5.74) is 8.45. The van der Waals surface area contributed by atoms with Crippen molar-refractivity contribution in [2.24, 2.45) is 5.73 Å². The molecule has 0 saturated heterocycles. The van der Waals surface area contributed by atoms with Crippen LogP contribution in [0.3, 0.4) is 0 Å². The topological polar surface area (TPSA) is 29.3 Å². The van der Waals surface area contributed by atoms with Crippen molar-refractivity contribution in [2.45, 2.75) is 6.04 Å². The Morgan fingerprint density at radius 3 is 2.91 bits per heavy atom. The molecular weight excluding hydrogens is 136 g/mol. The van der Waals surface area contributed by atoms with E-state index in [2.05, 4.69) is 24.1 Å². The molecule has 2 nitrogen and oxygen atoms in total. The molecule has 1 heterocycles. The fourth-order valence-electron chi connectivity index (χ4n) is 1.64. The van der Waals surface area contributed by atoms with Gasteiger partial charge in [-0.3, -0.25) is 0 Å². The van der Waals surface area contributed by atoms with Crippen molar-refractivity contribution in [3.05, 3.63) is 29.8 Å². The van der Waals surface area contributed by atoms with Crippen LogP contribution in [0.2, 0.25) is 0 Å². The maximum absolute atomic E-state index is 5.90. The normalized spacial score (nSPS) is 22.0. The van der Waals surface area contributed by atoms with Gasteiger partial charge >= 0.3 is 0 Å². The summed E-state index contributed by atoms with van der Waals surface area (Å²) < 4.78 is 0. The molecule has 1 aliphatic rings. The molecule has 1 aromatic carbocycles. The van der Waals surface area contributed by atoms with Crippen LogP contribution in [0.1, 0.15) is 11.6 Å². The van der Waals surface area contributed by atoms with Crippen LogP contribution in [-0.4, -0.2) is 13.6 Å². The average Bonchev–Trinajstić information content (AvgIpc) is 2.30. The molecule has 0 saturated carbocycles. The van der Waals surface area contributed by atoms with Crippen LogP contribution in [0.15, 0.2) is 24.3 Å². The zero-order chi connectivity index (χ0) is 7.84. The Morgan fingerprint density at radius 2 is 2.18 bits per heavy atom. The molecule has 11 heavy (non-hydrogen) atoms. The largest absolute Gasteiger partial charge is 0.372 e. The first-order valence-corrected chi connectivity index (χ1v) is 3.84. The molecule has 1 aliphatic heterocycles. The van der Waals surface area contributed by atoms with E-state index in [9.17, 15) is 0 Å². The summed E-state index contributed by atoms with van der Waals surface area (Å²) in [6.45, 7) is 0.944. The van der Waals surface area contributed by atoms with Crippen molar-refractivity contribution in [3.63, 3.8) is 0 Å². The van der Waals surface area contributed by atoms with Crippen molar-refractivity contribution in [2.75, 3.05) is 18.5 Å². The predicted octanol–water partition coefficient (Wildman–Crippen LogP) is 1.14. The van der Waals surface area contributed by atoms with Gasteiger partial charge in [0.05, 0.1) is 0 Å². The molecule has 1 atom stereocenters. The number of fused-ring (bicyclic) bond motifs is 1. The van der Waals surface area contributed by atoms with Crippen molar-refractivity contribution in [3.8, 4) is 0 Å². The maximum atomic E-state index is 5.90. The van der Waals surface area contributed by atoms with E-state index in [4.69, 9.17) is 5.73 Å². The van der Waals surface area contributed by atoms with Crippen molar-refractivity contribution in [1.82, 2.24) is 0 Å². The van der Waals surface area contributed by atoms with Crippen LogP contribution < -0.4 is 10.6 Å². The second kappa shape index (κ2) is 2.24. The lowest BCUT2D eigenvalue weighted by atomic mass is 10.1. The highest BCUT2D eigenvalue weighted by molar-refractivity contribution is 5.58. The van der Waals surface area contributed by atoms with Gasteiger partial charge in [0.2, 0.25) is 0 Å². The molecule has 58 valence electrons. The van der Waals surface area contributed by atoms with E-state index in [1.54, 1.807) is 0 Å². The smallest absolute Gasteiger partial charge is 0.0493 e. The van der Waals surface area contributed by atoms with Crippen LogP contribution in [0, 0.1) is 0 Å². The van der Waals surface area contributed by atoms with E-state index in [-0.39, 0.29) is 6.04 Å². The van der Waals surface area contributed by atoms with Crippen LogP contribution in [-0.2, 0) is 0 Å². The number of benzene rings is 1. The fourth-order valence-corrected chi connectivity index (χ4v) is 1.64. The summed E-state index contributed by atoms with van der Waals surface area (Å²) in [6.07, 6.45) is 0. The number of hydrogen-bond acceptors (Lipinski definition) is 2. The number of nitrogens with zero attached hydrogens (tertiary/aromatic N) is 1. The van der Waals surface area contributed by atoms with Gasteiger partial charge in [-0.15, -0.1) is 0 Å². The lowest BCUT2D eigenvalue weighted by Crippen LogP contribution is -2.19. The summed E-state index contributed by atoms with van der Waals surface area (Å²) >= 11 is 0. The van der Waals surface area contributed by atoms with Crippen LogP contribution in [0.4, 0.5) is 5.69 Å². The molecule has 2 rings (SSSR count). The van der Waals surface area contributed by atoms with E-state index in [1.165, 1.54) is 11.3 Å². The van der Waals surface area contributed by atoms with E-state index < -0.39 is 0 Å². The molecule has 0 unspecified atom stereocenters. The van der Waals surface area contributed by atoms with Gasteiger partial charge in [-0.2, -0.15) is 0 Å². The van der Waals surface area contributed by atoms with E-state index in [0.717, 1.165) is 6.54 Å². The molecule has 1 aromatic rings. The number of nitrogens with two attached hydrogens (primary N) is 1. The number of hydrogen-bond donors (Lipinski definition) is 1. The van der Waals surface area contributed by atoms with Crippen LogP contribution >= 0.6 is 0 Å². The van der Waals surface area contributed by atoms with Crippen LogP contribution in [0.5, 0.6) is 0 Å². The number of likely N-dealkylation sites (N-methyl/N-ethyl adjacent to an activating group) is 1. The molecule has 0 aliphatic carbocycles. The third-order valence-corrected chi connectivity index (χ3v) is 2.22. The molecule has 0 fully saturated rings. The zero-order valence-corrected chi connectivity index (χ0v) is 6.62. The molecule has 2 heteroatoms. The van der Waals surface area contributed by atoms with Gasteiger partial charge in [-0.1, -0.05) is 18.2 Å². The van der Waals surface area contributed by atoms with Crippen molar-refractivity contribution < 1.29 is 0 Å². The van der Waals surface area contributed by atoms with E-state index in [1.807, 2.05) is 12.1 Å². The van der Waals surface area contributed by atoms with Gasteiger partial charge < -0.3 is 10.6 Å². The monoisotopic (exact) mass is 148 g/mol. The minimum atomic E-state index is 0.205. The second-order valence-electron chi connectivity index (χ2n) is 3.05.